The molecule has 0 fully saturated rings. The molecule has 98 valence electrons. The van der Waals surface area contributed by atoms with E-state index in [-0.39, 0.29) is 5.91 Å². The van der Waals surface area contributed by atoms with Crippen molar-refractivity contribution < 1.29 is 4.79 Å². The van der Waals surface area contributed by atoms with E-state index < -0.39 is 0 Å². The summed E-state index contributed by atoms with van der Waals surface area (Å²) < 4.78 is 0. The molecule has 0 saturated heterocycles. The first-order valence-electron chi connectivity index (χ1n) is 6.29. The molecule has 1 amide bonds. The molecule has 19 heavy (non-hydrogen) atoms. The monoisotopic (exact) mass is 254 g/mol. The van der Waals surface area contributed by atoms with Crippen molar-refractivity contribution in [3.8, 4) is 0 Å². The average Bonchev–Trinajstić information content (AvgIpc) is 2.42. The molecule has 3 heteroatoms. The Balaban J connectivity index is 2.31. The Bertz CT molecular complexity index is 585. The van der Waals surface area contributed by atoms with Crippen LogP contribution in [-0.4, -0.2) is 5.91 Å². The number of carbonyl (C=O) groups excluding carboxylic acids is 1. The molecular weight excluding hydrogens is 236 g/mol. The van der Waals surface area contributed by atoms with E-state index in [2.05, 4.69) is 5.32 Å². The summed E-state index contributed by atoms with van der Waals surface area (Å²) in [6, 6.07) is 13.4. The normalized spacial score (nSPS) is 10.3. The predicted octanol–water partition coefficient (Wildman–Crippen LogP) is 3.01. The zero-order valence-electron chi connectivity index (χ0n) is 11.2. The lowest BCUT2D eigenvalue weighted by Gasteiger charge is -2.13. The Morgan fingerprint density at radius 2 is 1.68 bits per heavy atom. The van der Waals surface area contributed by atoms with Crippen LogP contribution in [0.2, 0.25) is 0 Å². The molecule has 2 aromatic rings. The van der Waals surface area contributed by atoms with Crippen LogP contribution in [-0.2, 0) is 6.54 Å². The maximum absolute atomic E-state index is 12.3. The van der Waals surface area contributed by atoms with Crippen LogP contribution in [0.1, 0.15) is 27.0 Å². The van der Waals surface area contributed by atoms with E-state index in [1.165, 1.54) is 0 Å². The first-order chi connectivity index (χ1) is 9.13. The fourth-order valence-electron chi connectivity index (χ4n) is 2.11. The maximum Gasteiger partial charge on any atom is 0.256 e. The second-order valence-corrected chi connectivity index (χ2v) is 4.58. The molecule has 2 rings (SSSR count). The third-order valence-electron chi connectivity index (χ3n) is 3.20. The summed E-state index contributed by atoms with van der Waals surface area (Å²) in [5.41, 5.74) is 10.1. The molecule has 0 aliphatic rings. The summed E-state index contributed by atoms with van der Waals surface area (Å²) in [5, 5.41) is 2.97. The van der Waals surface area contributed by atoms with Gasteiger partial charge in [-0.1, -0.05) is 36.4 Å². The van der Waals surface area contributed by atoms with E-state index >= 15 is 0 Å². The van der Waals surface area contributed by atoms with E-state index in [4.69, 9.17) is 5.73 Å². The van der Waals surface area contributed by atoms with Crippen molar-refractivity contribution >= 4 is 11.6 Å². The van der Waals surface area contributed by atoms with E-state index in [9.17, 15) is 4.79 Å². The van der Waals surface area contributed by atoms with E-state index in [0.29, 0.717) is 12.1 Å². The molecule has 0 spiro atoms. The van der Waals surface area contributed by atoms with Crippen LogP contribution in [0.15, 0.2) is 42.5 Å². The molecule has 3 N–H and O–H groups in total. The first kappa shape index (κ1) is 13.3. The molecule has 0 unspecified atom stereocenters. The van der Waals surface area contributed by atoms with Crippen LogP contribution in [0, 0.1) is 13.8 Å². The highest BCUT2D eigenvalue weighted by atomic mass is 16.1. The number of nitrogens with one attached hydrogen (secondary N) is 1. The molecule has 0 aliphatic carbocycles. The van der Waals surface area contributed by atoms with Gasteiger partial charge in [0.05, 0.1) is 0 Å². The van der Waals surface area contributed by atoms with Crippen molar-refractivity contribution in [1.82, 2.24) is 0 Å². The van der Waals surface area contributed by atoms with Gasteiger partial charge < -0.3 is 11.1 Å². The van der Waals surface area contributed by atoms with Crippen LogP contribution in [0.25, 0.3) is 0 Å². The smallest absolute Gasteiger partial charge is 0.256 e. The lowest BCUT2D eigenvalue weighted by molar-refractivity contribution is 0.102. The van der Waals surface area contributed by atoms with Crippen LogP contribution in [0.5, 0.6) is 0 Å². The van der Waals surface area contributed by atoms with Crippen LogP contribution in [0.4, 0.5) is 5.69 Å². The van der Waals surface area contributed by atoms with Gasteiger partial charge in [0.25, 0.3) is 5.91 Å². The van der Waals surface area contributed by atoms with Gasteiger partial charge in [-0.05, 0) is 36.6 Å². The molecule has 2 aromatic carbocycles. The van der Waals surface area contributed by atoms with E-state index in [0.717, 1.165) is 22.4 Å². The molecule has 0 radical (unpaired) electrons. The van der Waals surface area contributed by atoms with Gasteiger partial charge in [0.15, 0.2) is 0 Å². The number of amides is 1. The zero-order chi connectivity index (χ0) is 13.8. The van der Waals surface area contributed by atoms with Crippen molar-refractivity contribution in [2.45, 2.75) is 20.4 Å². The van der Waals surface area contributed by atoms with Gasteiger partial charge in [-0.15, -0.1) is 0 Å². The van der Waals surface area contributed by atoms with E-state index in [1.807, 2.05) is 50.2 Å². The maximum atomic E-state index is 12.3. The van der Waals surface area contributed by atoms with Crippen molar-refractivity contribution in [3.05, 3.63) is 64.7 Å². The SMILES string of the molecule is Cc1cccc(C)c1NC(=O)c1ccccc1CN. The number of para-hydroxylation sites is 1. The standard InChI is InChI=1S/C16H18N2O/c1-11-6-5-7-12(2)15(11)18-16(19)14-9-4-3-8-13(14)10-17/h3-9H,10,17H2,1-2H3,(H,18,19). The topological polar surface area (TPSA) is 55.1 Å². The summed E-state index contributed by atoms with van der Waals surface area (Å²) in [7, 11) is 0. The number of hydrogen-bond donors (Lipinski definition) is 2. The van der Waals surface area contributed by atoms with E-state index in [1.54, 1.807) is 6.07 Å². The summed E-state index contributed by atoms with van der Waals surface area (Å²) in [4.78, 5) is 12.3. The van der Waals surface area contributed by atoms with Crippen LogP contribution in [0.3, 0.4) is 0 Å². The van der Waals surface area contributed by atoms with Crippen molar-refractivity contribution in [1.29, 1.82) is 0 Å². The number of anilines is 1. The second kappa shape index (κ2) is 5.67. The quantitative estimate of drug-likeness (QED) is 0.884. The molecule has 0 atom stereocenters. The molecule has 3 nitrogen and oxygen atoms in total. The largest absolute Gasteiger partial charge is 0.326 e. The number of carbonyl (C=O) groups is 1. The molecule has 0 saturated carbocycles. The fraction of sp³-hybridized carbons (Fsp3) is 0.188. The van der Waals surface area contributed by atoms with Crippen molar-refractivity contribution in [2.75, 3.05) is 5.32 Å². The molecule has 0 heterocycles. The zero-order valence-corrected chi connectivity index (χ0v) is 11.2. The Labute approximate surface area is 113 Å². The van der Waals surface area contributed by atoms with Gasteiger partial charge in [-0.2, -0.15) is 0 Å². The minimum Gasteiger partial charge on any atom is -0.326 e. The Morgan fingerprint density at radius 1 is 1.05 bits per heavy atom. The number of hydrogen-bond acceptors (Lipinski definition) is 2. The number of rotatable bonds is 3. The number of aryl methyl sites for hydroxylation is 2. The minimum absolute atomic E-state index is 0.113. The average molecular weight is 254 g/mol. The van der Waals surface area contributed by atoms with Crippen LogP contribution < -0.4 is 11.1 Å². The lowest BCUT2D eigenvalue weighted by Crippen LogP contribution is -2.16. The Morgan fingerprint density at radius 3 is 2.32 bits per heavy atom. The van der Waals surface area contributed by atoms with Gasteiger partial charge in [0.2, 0.25) is 0 Å². The highest BCUT2D eigenvalue weighted by molar-refractivity contribution is 6.06. The van der Waals surface area contributed by atoms with Gasteiger partial charge in [-0.3, -0.25) is 4.79 Å². The third-order valence-corrected chi connectivity index (χ3v) is 3.20. The summed E-state index contributed by atoms with van der Waals surface area (Å²) in [6.07, 6.45) is 0. The molecular formula is C16H18N2O. The van der Waals surface area contributed by atoms with Crippen molar-refractivity contribution in [2.24, 2.45) is 5.73 Å². The van der Waals surface area contributed by atoms with Gasteiger partial charge in [0, 0.05) is 17.8 Å². The predicted molar refractivity (Wildman–Crippen MR) is 78.2 cm³/mol. The Kier molecular flexibility index (Phi) is 3.97. The fourth-order valence-corrected chi connectivity index (χ4v) is 2.11. The summed E-state index contributed by atoms with van der Waals surface area (Å²) in [5.74, 6) is -0.113. The first-order valence-corrected chi connectivity index (χ1v) is 6.29. The molecule has 0 aromatic heterocycles. The lowest BCUT2D eigenvalue weighted by atomic mass is 10.1. The second-order valence-electron chi connectivity index (χ2n) is 4.58. The van der Waals surface area contributed by atoms with Gasteiger partial charge >= 0.3 is 0 Å². The van der Waals surface area contributed by atoms with Crippen LogP contribution >= 0.6 is 0 Å². The summed E-state index contributed by atoms with van der Waals surface area (Å²) in [6.45, 7) is 4.32. The highest BCUT2D eigenvalue weighted by Gasteiger charge is 2.12. The number of benzene rings is 2. The Hall–Kier alpha value is -2.13. The highest BCUT2D eigenvalue weighted by Crippen LogP contribution is 2.21. The van der Waals surface area contributed by atoms with Gasteiger partial charge in [0.1, 0.15) is 0 Å². The minimum atomic E-state index is -0.113. The summed E-state index contributed by atoms with van der Waals surface area (Å²) >= 11 is 0. The van der Waals surface area contributed by atoms with Crippen molar-refractivity contribution in [3.63, 3.8) is 0 Å². The molecule has 0 bridgehead atoms. The third kappa shape index (κ3) is 2.83. The molecule has 0 aliphatic heterocycles. The van der Waals surface area contributed by atoms with Gasteiger partial charge in [-0.25, -0.2) is 0 Å². The number of nitrogens with two attached hydrogens (primary N) is 1.